The van der Waals surface area contributed by atoms with E-state index in [0.717, 1.165) is 11.8 Å². The molecule has 1 saturated heterocycles. The Morgan fingerprint density at radius 3 is 2.75 bits per heavy atom. The van der Waals surface area contributed by atoms with Crippen LogP contribution in [-0.2, 0) is 0 Å². The first-order valence-corrected chi connectivity index (χ1v) is 7.68. The van der Waals surface area contributed by atoms with Gasteiger partial charge in [-0.25, -0.2) is 0 Å². The average Bonchev–Trinajstić information content (AvgIpc) is 2.30. The van der Waals surface area contributed by atoms with Crippen LogP contribution >= 0.6 is 11.6 Å². The molecule has 0 radical (unpaired) electrons. The third kappa shape index (κ3) is 6.10. The Morgan fingerprint density at radius 1 is 1.19 bits per heavy atom. The first kappa shape index (κ1) is 14.3. The predicted molar refractivity (Wildman–Crippen MR) is 73.3 cm³/mol. The Labute approximate surface area is 107 Å². The van der Waals surface area contributed by atoms with Gasteiger partial charge in [0.2, 0.25) is 0 Å². The molecule has 0 aromatic carbocycles. The molecule has 1 unspecified atom stereocenters. The Morgan fingerprint density at radius 2 is 2.00 bits per heavy atom. The molecule has 0 aromatic rings. The molecule has 0 aliphatic carbocycles. The molecule has 0 aromatic heterocycles. The highest BCUT2D eigenvalue weighted by molar-refractivity contribution is 6.17. The maximum Gasteiger partial charge on any atom is 0.0226 e. The van der Waals surface area contributed by atoms with Crippen molar-refractivity contribution in [1.82, 2.24) is 4.90 Å². The summed E-state index contributed by atoms with van der Waals surface area (Å²) < 4.78 is 0. The van der Waals surface area contributed by atoms with Crippen molar-refractivity contribution in [3.63, 3.8) is 0 Å². The molecule has 1 nitrogen and oxygen atoms in total. The number of likely N-dealkylation sites (tertiary alicyclic amines) is 1. The van der Waals surface area contributed by atoms with Crippen LogP contribution in [0.5, 0.6) is 0 Å². The Bertz CT molecular complexity index is 159. The van der Waals surface area contributed by atoms with E-state index in [2.05, 4.69) is 11.8 Å². The quantitative estimate of drug-likeness (QED) is 0.455. The molecule has 1 heterocycles. The lowest BCUT2D eigenvalue weighted by Gasteiger charge is -2.32. The highest BCUT2D eigenvalue weighted by Crippen LogP contribution is 2.20. The Hall–Kier alpha value is 0.250. The summed E-state index contributed by atoms with van der Waals surface area (Å²) in [6.07, 6.45) is 11.0. The van der Waals surface area contributed by atoms with Crippen LogP contribution in [0.4, 0.5) is 0 Å². The minimum Gasteiger partial charge on any atom is -0.303 e. The zero-order valence-corrected chi connectivity index (χ0v) is 11.6. The zero-order chi connectivity index (χ0) is 11.6. The van der Waals surface area contributed by atoms with Crippen molar-refractivity contribution in [1.29, 1.82) is 0 Å². The van der Waals surface area contributed by atoms with Gasteiger partial charge in [0.25, 0.3) is 0 Å². The first-order valence-electron chi connectivity index (χ1n) is 7.15. The summed E-state index contributed by atoms with van der Waals surface area (Å²) in [7, 11) is 0. The maximum absolute atomic E-state index is 5.83. The van der Waals surface area contributed by atoms with Crippen molar-refractivity contribution in [2.24, 2.45) is 5.92 Å². The Balaban J connectivity index is 2.02. The van der Waals surface area contributed by atoms with E-state index in [1.807, 2.05) is 0 Å². The van der Waals surface area contributed by atoms with E-state index in [0.29, 0.717) is 0 Å². The number of hydrogen-bond donors (Lipinski definition) is 0. The van der Waals surface area contributed by atoms with E-state index < -0.39 is 0 Å². The number of alkyl halides is 1. The standard InChI is InChI=1S/C14H28ClN/c1-2-3-4-5-6-11-16-12-7-8-14(13-16)9-10-15/h14H,2-13H2,1H3. The molecule has 0 bridgehead atoms. The van der Waals surface area contributed by atoms with Gasteiger partial charge < -0.3 is 4.90 Å². The molecule has 96 valence electrons. The minimum atomic E-state index is 0.842. The maximum atomic E-state index is 5.83. The second-order valence-corrected chi connectivity index (χ2v) is 5.58. The van der Waals surface area contributed by atoms with E-state index in [1.54, 1.807) is 0 Å². The monoisotopic (exact) mass is 245 g/mol. The highest BCUT2D eigenvalue weighted by Gasteiger charge is 2.18. The summed E-state index contributed by atoms with van der Waals surface area (Å²) in [6, 6.07) is 0. The number of rotatable bonds is 8. The molecule has 0 N–H and O–H groups in total. The van der Waals surface area contributed by atoms with Gasteiger partial charge >= 0.3 is 0 Å². The molecule has 0 amide bonds. The van der Waals surface area contributed by atoms with Gasteiger partial charge in [-0.2, -0.15) is 0 Å². The molecule has 1 aliphatic rings. The van der Waals surface area contributed by atoms with Gasteiger partial charge in [0.15, 0.2) is 0 Å². The van der Waals surface area contributed by atoms with E-state index in [4.69, 9.17) is 11.6 Å². The number of piperidine rings is 1. The second kappa shape index (κ2) is 9.30. The Kier molecular flexibility index (Phi) is 8.32. The minimum absolute atomic E-state index is 0.842. The molecule has 1 fully saturated rings. The molecule has 0 spiro atoms. The fourth-order valence-corrected chi connectivity index (χ4v) is 2.99. The highest BCUT2D eigenvalue weighted by atomic mass is 35.5. The average molecular weight is 246 g/mol. The van der Waals surface area contributed by atoms with Crippen LogP contribution < -0.4 is 0 Å². The number of unbranched alkanes of at least 4 members (excludes halogenated alkanes) is 4. The SMILES string of the molecule is CCCCCCCN1CCCC(CCCl)C1. The van der Waals surface area contributed by atoms with Crippen LogP contribution in [0.1, 0.15) is 58.3 Å². The molecule has 1 atom stereocenters. The number of hydrogen-bond acceptors (Lipinski definition) is 1. The van der Waals surface area contributed by atoms with Crippen molar-refractivity contribution in [3.05, 3.63) is 0 Å². The zero-order valence-electron chi connectivity index (χ0n) is 10.9. The molecule has 16 heavy (non-hydrogen) atoms. The summed E-state index contributed by atoms with van der Waals surface area (Å²) in [4.78, 5) is 2.66. The van der Waals surface area contributed by atoms with Crippen LogP contribution in [0.2, 0.25) is 0 Å². The third-order valence-corrected chi connectivity index (χ3v) is 3.92. The molecular formula is C14H28ClN. The van der Waals surface area contributed by atoms with Gasteiger partial charge in [0, 0.05) is 12.4 Å². The summed E-state index contributed by atoms with van der Waals surface area (Å²) >= 11 is 5.83. The van der Waals surface area contributed by atoms with Crippen LogP contribution in [0.3, 0.4) is 0 Å². The van der Waals surface area contributed by atoms with Crippen molar-refractivity contribution >= 4 is 11.6 Å². The fraction of sp³-hybridized carbons (Fsp3) is 1.00. The second-order valence-electron chi connectivity index (χ2n) is 5.20. The lowest BCUT2D eigenvalue weighted by molar-refractivity contribution is 0.169. The van der Waals surface area contributed by atoms with E-state index >= 15 is 0 Å². The van der Waals surface area contributed by atoms with Gasteiger partial charge in [0.1, 0.15) is 0 Å². The summed E-state index contributed by atoms with van der Waals surface area (Å²) in [5.74, 6) is 1.72. The summed E-state index contributed by atoms with van der Waals surface area (Å²) in [5.41, 5.74) is 0. The smallest absolute Gasteiger partial charge is 0.0226 e. The summed E-state index contributed by atoms with van der Waals surface area (Å²) in [6.45, 7) is 6.23. The fourth-order valence-electron chi connectivity index (χ4n) is 2.68. The van der Waals surface area contributed by atoms with Crippen molar-refractivity contribution in [2.75, 3.05) is 25.5 Å². The lowest BCUT2D eigenvalue weighted by atomic mass is 9.95. The normalized spacial score (nSPS) is 22.5. The van der Waals surface area contributed by atoms with Gasteiger partial charge in [-0.1, -0.05) is 32.6 Å². The van der Waals surface area contributed by atoms with Crippen LogP contribution in [0.25, 0.3) is 0 Å². The van der Waals surface area contributed by atoms with Crippen molar-refractivity contribution in [3.8, 4) is 0 Å². The van der Waals surface area contributed by atoms with Crippen molar-refractivity contribution < 1.29 is 0 Å². The van der Waals surface area contributed by atoms with Gasteiger partial charge in [-0.3, -0.25) is 0 Å². The van der Waals surface area contributed by atoms with E-state index in [9.17, 15) is 0 Å². The molecule has 1 aliphatic heterocycles. The molecule has 2 heteroatoms. The van der Waals surface area contributed by atoms with Gasteiger partial charge in [-0.05, 0) is 44.7 Å². The summed E-state index contributed by atoms with van der Waals surface area (Å²) in [5, 5.41) is 0. The van der Waals surface area contributed by atoms with Gasteiger partial charge in [0.05, 0.1) is 0 Å². The van der Waals surface area contributed by atoms with E-state index in [1.165, 1.54) is 71.0 Å². The lowest BCUT2D eigenvalue weighted by Crippen LogP contribution is -2.36. The largest absolute Gasteiger partial charge is 0.303 e. The number of nitrogens with zero attached hydrogens (tertiary/aromatic N) is 1. The number of halogens is 1. The molecule has 0 saturated carbocycles. The predicted octanol–water partition coefficient (Wildman–Crippen LogP) is 4.30. The van der Waals surface area contributed by atoms with Crippen LogP contribution in [0, 0.1) is 5.92 Å². The van der Waals surface area contributed by atoms with Crippen LogP contribution in [0.15, 0.2) is 0 Å². The van der Waals surface area contributed by atoms with Gasteiger partial charge in [-0.15, -0.1) is 11.6 Å². The first-order chi connectivity index (χ1) is 7.86. The van der Waals surface area contributed by atoms with Crippen molar-refractivity contribution in [2.45, 2.75) is 58.3 Å². The topological polar surface area (TPSA) is 3.24 Å². The molecular weight excluding hydrogens is 218 g/mol. The molecule has 1 rings (SSSR count). The third-order valence-electron chi connectivity index (χ3n) is 3.70. The van der Waals surface area contributed by atoms with Crippen LogP contribution in [-0.4, -0.2) is 30.4 Å². The van der Waals surface area contributed by atoms with E-state index in [-0.39, 0.29) is 0 Å².